The zero-order valence-corrected chi connectivity index (χ0v) is 16.4. The van der Waals surface area contributed by atoms with Crippen LogP contribution in [0.25, 0.3) is 0 Å². The first-order valence-corrected chi connectivity index (χ1v) is 9.57. The molecule has 0 aliphatic rings. The van der Waals surface area contributed by atoms with Crippen LogP contribution in [-0.2, 0) is 19.5 Å². The first-order valence-electron chi connectivity index (χ1n) is 9.57. The van der Waals surface area contributed by atoms with Crippen LogP contribution in [0.4, 0.5) is 4.39 Å². The van der Waals surface area contributed by atoms with Crippen LogP contribution < -0.4 is 16.2 Å². The summed E-state index contributed by atoms with van der Waals surface area (Å²) in [7, 11) is 1.71. The second-order valence-electron chi connectivity index (χ2n) is 6.68. The molecule has 0 aliphatic heterocycles. The van der Waals surface area contributed by atoms with E-state index >= 15 is 0 Å². The van der Waals surface area contributed by atoms with E-state index in [-0.39, 0.29) is 11.4 Å². The van der Waals surface area contributed by atoms with Gasteiger partial charge in [0, 0.05) is 32.4 Å². The number of guanidine groups is 1. The van der Waals surface area contributed by atoms with Crippen molar-refractivity contribution < 1.29 is 4.39 Å². The van der Waals surface area contributed by atoms with Crippen LogP contribution in [0.3, 0.4) is 0 Å². The van der Waals surface area contributed by atoms with Crippen LogP contribution in [0.1, 0.15) is 16.7 Å². The summed E-state index contributed by atoms with van der Waals surface area (Å²) < 4.78 is 15.3. The molecule has 29 heavy (non-hydrogen) atoms. The molecule has 0 aliphatic carbocycles. The highest BCUT2D eigenvalue weighted by molar-refractivity contribution is 5.79. The number of rotatable bonds is 7. The maximum atomic E-state index is 13.7. The fourth-order valence-electron chi connectivity index (χ4n) is 2.97. The normalized spacial score (nSPS) is 11.3. The Bertz CT molecular complexity index is 1010. The average Bonchev–Trinajstić information content (AvgIpc) is 2.74. The van der Waals surface area contributed by atoms with E-state index < -0.39 is 0 Å². The molecule has 0 saturated heterocycles. The van der Waals surface area contributed by atoms with E-state index in [0.29, 0.717) is 37.6 Å². The third-order valence-corrected chi connectivity index (χ3v) is 4.60. The van der Waals surface area contributed by atoms with Crippen molar-refractivity contribution in [3.8, 4) is 0 Å². The standard InChI is InChI=1S/C23H25FN4O/c1-25-23(26-14-13-20-6-2-3-7-21(20)24)27-16-18-9-11-19(12-10-18)17-28-15-5-4-8-22(28)29/h2-12,15H,13-14,16-17H2,1H3,(H2,25,26,27). The van der Waals surface area contributed by atoms with Crippen molar-refractivity contribution in [1.29, 1.82) is 0 Å². The van der Waals surface area contributed by atoms with Gasteiger partial charge < -0.3 is 15.2 Å². The predicted octanol–water partition coefficient (Wildman–Crippen LogP) is 2.94. The Balaban J connectivity index is 1.47. The predicted molar refractivity (Wildman–Crippen MR) is 115 cm³/mol. The molecule has 2 N–H and O–H groups in total. The number of hydrogen-bond acceptors (Lipinski definition) is 2. The van der Waals surface area contributed by atoms with Gasteiger partial charge in [-0.3, -0.25) is 9.79 Å². The van der Waals surface area contributed by atoms with Crippen LogP contribution in [-0.4, -0.2) is 24.1 Å². The monoisotopic (exact) mass is 392 g/mol. The Labute approximate surface area is 169 Å². The molecule has 2 aromatic carbocycles. The maximum absolute atomic E-state index is 13.7. The Morgan fingerprint density at radius 2 is 1.69 bits per heavy atom. The highest BCUT2D eigenvalue weighted by Crippen LogP contribution is 2.07. The zero-order valence-electron chi connectivity index (χ0n) is 16.4. The lowest BCUT2D eigenvalue weighted by atomic mass is 10.1. The van der Waals surface area contributed by atoms with Crippen LogP contribution in [0.5, 0.6) is 0 Å². The van der Waals surface area contributed by atoms with Crippen LogP contribution in [0.15, 0.2) is 82.7 Å². The van der Waals surface area contributed by atoms with Crippen molar-refractivity contribution in [2.75, 3.05) is 13.6 Å². The second-order valence-corrected chi connectivity index (χ2v) is 6.68. The summed E-state index contributed by atoms with van der Waals surface area (Å²) in [5, 5.41) is 6.45. The Morgan fingerprint density at radius 3 is 2.41 bits per heavy atom. The molecule has 6 heteroatoms. The van der Waals surface area contributed by atoms with Gasteiger partial charge in [0.05, 0.1) is 6.54 Å². The molecule has 1 aromatic heterocycles. The molecule has 0 atom stereocenters. The molecule has 5 nitrogen and oxygen atoms in total. The lowest BCUT2D eigenvalue weighted by molar-refractivity contribution is 0.606. The van der Waals surface area contributed by atoms with Gasteiger partial charge in [0.25, 0.3) is 5.56 Å². The quantitative estimate of drug-likeness (QED) is 0.480. The summed E-state index contributed by atoms with van der Waals surface area (Å²) in [4.78, 5) is 16.0. The van der Waals surface area contributed by atoms with Crippen molar-refractivity contribution in [1.82, 2.24) is 15.2 Å². The van der Waals surface area contributed by atoms with E-state index in [0.717, 1.165) is 11.1 Å². The summed E-state index contributed by atoms with van der Waals surface area (Å²) >= 11 is 0. The molecular weight excluding hydrogens is 367 g/mol. The number of halogens is 1. The van der Waals surface area contributed by atoms with Crippen molar-refractivity contribution in [2.45, 2.75) is 19.5 Å². The molecular formula is C23H25FN4O. The van der Waals surface area contributed by atoms with E-state index in [1.807, 2.05) is 36.4 Å². The van der Waals surface area contributed by atoms with Gasteiger partial charge in [-0.2, -0.15) is 0 Å². The largest absolute Gasteiger partial charge is 0.356 e. The molecule has 0 saturated carbocycles. The minimum absolute atomic E-state index is 0.0106. The fourth-order valence-corrected chi connectivity index (χ4v) is 2.97. The van der Waals surface area contributed by atoms with Gasteiger partial charge in [0.2, 0.25) is 0 Å². The Hall–Kier alpha value is -3.41. The third kappa shape index (κ3) is 6.04. The van der Waals surface area contributed by atoms with E-state index in [2.05, 4.69) is 15.6 Å². The molecule has 0 spiro atoms. The molecule has 0 unspecified atom stereocenters. The molecule has 3 aromatic rings. The van der Waals surface area contributed by atoms with Gasteiger partial charge in [-0.15, -0.1) is 0 Å². The molecule has 0 amide bonds. The number of benzene rings is 2. The topological polar surface area (TPSA) is 58.4 Å². The average molecular weight is 392 g/mol. The van der Waals surface area contributed by atoms with E-state index in [1.54, 1.807) is 42.1 Å². The van der Waals surface area contributed by atoms with E-state index in [9.17, 15) is 9.18 Å². The van der Waals surface area contributed by atoms with Crippen LogP contribution >= 0.6 is 0 Å². The summed E-state index contributed by atoms with van der Waals surface area (Å²) in [6, 6.07) is 20.0. The number of nitrogens with zero attached hydrogens (tertiary/aromatic N) is 2. The molecule has 150 valence electrons. The zero-order chi connectivity index (χ0) is 20.5. The third-order valence-electron chi connectivity index (χ3n) is 4.60. The Morgan fingerprint density at radius 1 is 0.966 bits per heavy atom. The summed E-state index contributed by atoms with van der Waals surface area (Å²) in [5.41, 5.74) is 2.84. The van der Waals surface area contributed by atoms with Gasteiger partial charge in [-0.1, -0.05) is 48.5 Å². The van der Waals surface area contributed by atoms with Crippen molar-refractivity contribution in [3.63, 3.8) is 0 Å². The second kappa shape index (κ2) is 10.2. The molecule has 1 heterocycles. The molecule has 0 radical (unpaired) electrons. The first kappa shape index (κ1) is 20.3. The fraction of sp³-hybridized carbons (Fsp3) is 0.217. The molecule has 0 fully saturated rings. The van der Waals surface area contributed by atoms with Crippen molar-refractivity contribution in [3.05, 3.63) is 106 Å². The van der Waals surface area contributed by atoms with Crippen molar-refractivity contribution in [2.24, 2.45) is 4.99 Å². The Kier molecular flexibility index (Phi) is 7.16. The van der Waals surface area contributed by atoms with E-state index in [1.165, 1.54) is 6.07 Å². The number of aromatic nitrogens is 1. The van der Waals surface area contributed by atoms with Crippen LogP contribution in [0, 0.1) is 5.82 Å². The highest BCUT2D eigenvalue weighted by Gasteiger charge is 2.03. The van der Waals surface area contributed by atoms with Gasteiger partial charge in [-0.05, 0) is 35.2 Å². The summed E-state index contributed by atoms with van der Waals surface area (Å²) in [6.45, 7) is 1.75. The lowest BCUT2D eigenvalue weighted by Crippen LogP contribution is -2.37. The maximum Gasteiger partial charge on any atom is 0.250 e. The number of hydrogen-bond donors (Lipinski definition) is 2. The van der Waals surface area contributed by atoms with E-state index in [4.69, 9.17) is 0 Å². The first-order chi connectivity index (χ1) is 14.2. The number of nitrogens with one attached hydrogen (secondary N) is 2. The molecule has 3 rings (SSSR count). The molecule has 0 bridgehead atoms. The van der Waals surface area contributed by atoms with Gasteiger partial charge >= 0.3 is 0 Å². The number of pyridine rings is 1. The summed E-state index contributed by atoms with van der Waals surface area (Å²) in [6.07, 6.45) is 2.37. The summed E-state index contributed by atoms with van der Waals surface area (Å²) in [5.74, 6) is 0.483. The number of aliphatic imine (C=N–C) groups is 1. The van der Waals surface area contributed by atoms with Crippen LogP contribution in [0.2, 0.25) is 0 Å². The highest BCUT2D eigenvalue weighted by atomic mass is 19.1. The minimum atomic E-state index is -0.185. The SMILES string of the molecule is CN=C(NCCc1ccccc1F)NCc1ccc(Cn2ccccc2=O)cc1. The van der Waals surface area contributed by atoms with Gasteiger partial charge in [0.1, 0.15) is 5.82 Å². The van der Waals surface area contributed by atoms with Gasteiger partial charge in [-0.25, -0.2) is 4.39 Å². The lowest BCUT2D eigenvalue weighted by Gasteiger charge is -2.13. The van der Waals surface area contributed by atoms with Crippen molar-refractivity contribution >= 4 is 5.96 Å². The van der Waals surface area contributed by atoms with Gasteiger partial charge in [0.15, 0.2) is 5.96 Å². The minimum Gasteiger partial charge on any atom is -0.356 e. The smallest absolute Gasteiger partial charge is 0.250 e.